The lowest BCUT2D eigenvalue weighted by molar-refractivity contribution is 0.758. The zero-order valence-corrected chi connectivity index (χ0v) is 12.3. The second-order valence-electron chi connectivity index (χ2n) is 4.16. The standard InChI is InChI=1S/C12H16N4S2/c1-7-4-5-9(18-7)6-14-12-10(11(13)17)8(2)15-16(12)3/h4-5,14H,6H2,1-3H3,(H2,13,17). The summed E-state index contributed by atoms with van der Waals surface area (Å²) in [5.41, 5.74) is 7.43. The average molecular weight is 280 g/mol. The first-order valence-corrected chi connectivity index (χ1v) is 6.84. The molecule has 0 fully saturated rings. The van der Waals surface area contributed by atoms with Gasteiger partial charge in [-0.3, -0.25) is 4.68 Å². The number of hydrogen-bond acceptors (Lipinski definition) is 4. The van der Waals surface area contributed by atoms with Gasteiger partial charge in [0.25, 0.3) is 0 Å². The Morgan fingerprint density at radius 3 is 2.78 bits per heavy atom. The van der Waals surface area contributed by atoms with Gasteiger partial charge in [-0.2, -0.15) is 5.10 Å². The number of thiocarbonyl (C=S) groups is 1. The Kier molecular flexibility index (Phi) is 3.68. The van der Waals surface area contributed by atoms with E-state index < -0.39 is 0 Å². The lowest BCUT2D eigenvalue weighted by Gasteiger charge is -2.07. The van der Waals surface area contributed by atoms with Crippen molar-refractivity contribution in [3.63, 3.8) is 0 Å². The maximum Gasteiger partial charge on any atom is 0.134 e. The van der Waals surface area contributed by atoms with Crippen LogP contribution < -0.4 is 11.1 Å². The lowest BCUT2D eigenvalue weighted by atomic mass is 10.2. The van der Waals surface area contributed by atoms with Crippen LogP contribution in [0.5, 0.6) is 0 Å². The van der Waals surface area contributed by atoms with Crippen molar-refractivity contribution in [2.45, 2.75) is 20.4 Å². The molecule has 0 atom stereocenters. The fourth-order valence-electron chi connectivity index (χ4n) is 1.91. The van der Waals surface area contributed by atoms with Gasteiger partial charge in [0.15, 0.2) is 0 Å². The first-order chi connectivity index (χ1) is 8.49. The van der Waals surface area contributed by atoms with E-state index in [2.05, 4.69) is 29.5 Å². The van der Waals surface area contributed by atoms with E-state index in [9.17, 15) is 0 Å². The molecule has 4 nitrogen and oxygen atoms in total. The third-order valence-electron chi connectivity index (χ3n) is 2.69. The minimum atomic E-state index is 0.380. The predicted octanol–water partition coefficient (Wildman–Crippen LogP) is 2.34. The number of thiophene rings is 1. The highest BCUT2D eigenvalue weighted by atomic mass is 32.1. The lowest BCUT2D eigenvalue weighted by Crippen LogP contribution is -2.14. The van der Waals surface area contributed by atoms with Crippen LogP contribution in [-0.4, -0.2) is 14.8 Å². The molecule has 96 valence electrons. The van der Waals surface area contributed by atoms with Gasteiger partial charge in [0.2, 0.25) is 0 Å². The fraction of sp³-hybridized carbons (Fsp3) is 0.333. The summed E-state index contributed by atoms with van der Waals surface area (Å²) in [5, 5.41) is 7.70. The van der Waals surface area contributed by atoms with Crippen LogP contribution in [0.15, 0.2) is 12.1 Å². The number of hydrogen-bond donors (Lipinski definition) is 2. The minimum Gasteiger partial charge on any atom is -0.389 e. The molecule has 0 saturated carbocycles. The predicted molar refractivity (Wildman–Crippen MR) is 80.2 cm³/mol. The summed E-state index contributed by atoms with van der Waals surface area (Å²) in [5.74, 6) is 0.881. The number of nitrogens with one attached hydrogen (secondary N) is 1. The average Bonchev–Trinajstić information content (AvgIpc) is 2.79. The highest BCUT2D eigenvalue weighted by Gasteiger charge is 2.15. The van der Waals surface area contributed by atoms with Crippen LogP contribution in [0.3, 0.4) is 0 Å². The first kappa shape index (κ1) is 13.0. The molecular formula is C12H16N4S2. The molecule has 0 aliphatic rings. The van der Waals surface area contributed by atoms with Crippen LogP contribution in [0.25, 0.3) is 0 Å². The van der Waals surface area contributed by atoms with Crippen LogP contribution in [0.1, 0.15) is 21.0 Å². The van der Waals surface area contributed by atoms with Gasteiger partial charge in [-0.25, -0.2) is 0 Å². The molecule has 0 amide bonds. The molecule has 18 heavy (non-hydrogen) atoms. The summed E-state index contributed by atoms with van der Waals surface area (Å²) in [7, 11) is 1.89. The van der Waals surface area contributed by atoms with Gasteiger partial charge in [-0.05, 0) is 26.0 Å². The van der Waals surface area contributed by atoms with E-state index >= 15 is 0 Å². The van der Waals surface area contributed by atoms with Gasteiger partial charge < -0.3 is 11.1 Å². The van der Waals surface area contributed by atoms with Crippen LogP contribution in [0, 0.1) is 13.8 Å². The molecule has 0 spiro atoms. The Hall–Kier alpha value is -1.40. The molecule has 0 aromatic carbocycles. The normalized spacial score (nSPS) is 10.6. The smallest absolute Gasteiger partial charge is 0.134 e. The molecule has 2 aromatic rings. The third kappa shape index (κ3) is 2.54. The Morgan fingerprint density at radius 1 is 1.50 bits per heavy atom. The maximum absolute atomic E-state index is 5.74. The molecule has 2 aromatic heterocycles. The highest BCUT2D eigenvalue weighted by molar-refractivity contribution is 7.80. The second-order valence-corrected chi connectivity index (χ2v) is 5.98. The summed E-state index contributed by atoms with van der Waals surface area (Å²) >= 11 is 6.85. The van der Waals surface area contributed by atoms with Crippen molar-refractivity contribution >= 4 is 34.4 Å². The van der Waals surface area contributed by atoms with Crippen molar-refractivity contribution in [2.75, 3.05) is 5.32 Å². The fourth-order valence-corrected chi connectivity index (χ4v) is 2.98. The number of nitrogens with two attached hydrogens (primary N) is 1. The quantitative estimate of drug-likeness (QED) is 0.844. The summed E-state index contributed by atoms with van der Waals surface area (Å²) < 4.78 is 1.78. The van der Waals surface area contributed by atoms with E-state index in [0.29, 0.717) is 4.99 Å². The maximum atomic E-state index is 5.74. The molecule has 0 saturated heterocycles. The number of anilines is 1. The number of rotatable bonds is 4. The van der Waals surface area contributed by atoms with Crippen LogP contribution in [0.4, 0.5) is 5.82 Å². The molecule has 6 heteroatoms. The van der Waals surface area contributed by atoms with Gasteiger partial charge in [0, 0.05) is 16.8 Å². The number of nitrogens with zero attached hydrogens (tertiary/aromatic N) is 2. The number of aryl methyl sites for hydroxylation is 3. The van der Waals surface area contributed by atoms with Crippen molar-refractivity contribution in [3.8, 4) is 0 Å². The van der Waals surface area contributed by atoms with E-state index in [1.165, 1.54) is 9.75 Å². The largest absolute Gasteiger partial charge is 0.389 e. The summed E-state index contributed by atoms with van der Waals surface area (Å²) in [4.78, 5) is 2.97. The monoisotopic (exact) mass is 280 g/mol. The van der Waals surface area contributed by atoms with Crippen molar-refractivity contribution in [1.82, 2.24) is 9.78 Å². The van der Waals surface area contributed by atoms with Crippen molar-refractivity contribution < 1.29 is 0 Å². The van der Waals surface area contributed by atoms with E-state index in [4.69, 9.17) is 18.0 Å². The van der Waals surface area contributed by atoms with Crippen molar-refractivity contribution in [3.05, 3.63) is 33.1 Å². The molecule has 0 unspecified atom stereocenters. The van der Waals surface area contributed by atoms with Gasteiger partial charge in [-0.15, -0.1) is 11.3 Å². The molecule has 2 heterocycles. The molecule has 3 N–H and O–H groups in total. The molecule has 0 aliphatic heterocycles. The topological polar surface area (TPSA) is 55.9 Å². The summed E-state index contributed by atoms with van der Waals surface area (Å²) in [6.45, 7) is 4.77. The highest BCUT2D eigenvalue weighted by Crippen LogP contribution is 2.21. The van der Waals surface area contributed by atoms with Gasteiger partial charge >= 0.3 is 0 Å². The molecule has 2 rings (SSSR count). The van der Waals surface area contributed by atoms with E-state index in [-0.39, 0.29) is 0 Å². The molecule has 0 bridgehead atoms. The Labute approximate surface area is 116 Å². The molecule has 0 aliphatic carbocycles. The van der Waals surface area contributed by atoms with E-state index in [1.807, 2.05) is 14.0 Å². The Bertz CT molecular complexity index is 583. The molecule has 0 radical (unpaired) electrons. The van der Waals surface area contributed by atoms with E-state index in [1.54, 1.807) is 16.0 Å². The van der Waals surface area contributed by atoms with Crippen LogP contribution in [-0.2, 0) is 13.6 Å². The summed E-state index contributed by atoms with van der Waals surface area (Å²) in [6, 6.07) is 4.24. The summed E-state index contributed by atoms with van der Waals surface area (Å²) in [6.07, 6.45) is 0. The van der Waals surface area contributed by atoms with Gasteiger partial charge in [0.1, 0.15) is 10.8 Å². The van der Waals surface area contributed by atoms with Gasteiger partial charge in [-0.1, -0.05) is 12.2 Å². The van der Waals surface area contributed by atoms with Crippen LogP contribution >= 0.6 is 23.6 Å². The van der Waals surface area contributed by atoms with Crippen LogP contribution in [0.2, 0.25) is 0 Å². The third-order valence-corrected chi connectivity index (χ3v) is 3.90. The zero-order valence-electron chi connectivity index (χ0n) is 10.7. The number of aromatic nitrogens is 2. The second kappa shape index (κ2) is 5.07. The minimum absolute atomic E-state index is 0.380. The molecular weight excluding hydrogens is 264 g/mol. The van der Waals surface area contributed by atoms with E-state index in [0.717, 1.165) is 23.6 Å². The van der Waals surface area contributed by atoms with Crippen molar-refractivity contribution in [1.29, 1.82) is 0 Å². The SMILES string of the molecule is Cc1ccc(CNc2c(C(N)=S)c(C)nn2C)s1. The zero-order chi connectivity index (χ0) is 13.3. The first-order valence-electron chi connectivity index (χ1n) is 5.61. The Morgan fingerprint density at radius 2 is 2.22 bits per heavy atom. The Balaban J connectivity index is 2.21. The van der Waals surface area contributed by atoms with Crippen molar-refractivity contribution in [2.24, 2.45) is 12.8 Å². The van der Waals surface area contributed by atoms with Gasteiger partial charge in [0.05, 0.1) is 17.8 Å².